The zero-order chi connectivity index (χ0) is 44.5. The van der Waals surface area contributed by atoms with Crippen LogP contribution in [0.15, 0.2) is 220 Å². The van der Waals surface area contributed by atoms with Crippen LogP contribution in [0.25, 0.3) is 12.2 Å². The molecule has 2 aliphatic heterocycles. The van der Waals surface area contributed by atoms with Gasteiger partial charge in [0.15, 0.2) is 0 Å². The molecule has 0 saturated heterocycles. The Hall–Kier alpha value is -6.10. The molecule has 0 saturated carbocycles. The van der Waals surface area contributed by atoms with Crippen LogP contribution in [0.5, 0.6) is 0 Å². The van der Waals surface area contributed by atoms with E-state index >= 15 is 0 Å². The number of hydrazone groups is 2. The van der Waals surface area contributed by atoms with Gasteiger partial charge in [-0.15, -0.1) is 20.7 Å². The summed E-state index contributed by atoms with van der Waals surface area (Å²) in [5, 5.41) is 14.7. The molecular formula is C44H36N8O6S6. The molecule has 6 N–H and O–H groups in total. The Morgan fingerprint density at radius 1 is 0.469 bits per heavy atom. The molecule has 20 heteroatoms. The van der Waals surface area contributed by atoms with Gasteiger partial charge in [0.2, 0.25) is 0 Å². The zero-order valence-electron chi connectivity index (χ0n) is 33.1. The molecule has 0 atom stereocenters. The fourth-order valence-corrected chi connectivity index (χ4v) is 10.9. The lowest BCUT2D eigenvalue weighted by Crippen LogP contribution is -2.40. The molecule has 2 aliphatic rings. The van der Waals surface area contributed by atoms with Crippen molar-refractivity contribution in [3.05, 3.63) is 191 Å². The number of nitrogens with one attached hydrogen (secondary N) is 4. The summed E-state index contributed by atoms with van der Waals surface area (Å²) in [4.78, 5) is 2.94. The summed E-state index contributed by atoms with van der Waals surface area (Å²) in [6, 6.07) is 47.4. The first kappa shape index (κ1) is 44.5. The standard InChI is InChI=1S/C44H36N8O6S6/c53-63(54,55)39-27-33(45-51-47-41(59-35-13-5-1-6-14-35)29-42(48-51)60-36-15-7-2-8-16-36)25-23-31(39)21-22-32-24-26-34(28-40(32)64(56,57)58)46-52-49-43(61-37-17-9-3-10-18-37)30-44(50-52)62-38-19-11-4-12-20-38/h1-30,45-47,49H,(H,53,54,55)(H,56,57,58). The minimum absolute atomic E-state index is 0.0396. The highest BCUT2D eigenvalue weighted by atomic mass is 32.2. The Labute approximate surface area is 387 Å². The van der Waals surface area contributed by atoms with Crippen LogP contribution in [-0.2, 0) is 20.2 Å². The predicted molar refractivity (Wildman–Crippen MR) is 259 cm³/mol. The highest BCUT2D eigenvalue weighted by Crippen LogP contribution is 2.33. The third kappa shape index (κ3) is 12.3. The molecule has 0 amide bonds. The molecule has 0 bridgehead atoms. The van der Waals surface area contributed by atoms with Crippen molar-refractivity contribution in [2.75, 3.05) is 10.9 Å². The molecule has 0 fully saturated rings. The molecule has 8 rings (SSSR count). The Bertz CT molecular complexity index is 2810. The van der Waals surface area contributed by atoms with Crippen molar-refractivity contribution in [2.45, 2.75) is 29.4 Å². The summed E-state index contributed by atoms with van der Waals surface area (Å²) in [6.45, 7) is 0. The van der Waals surface area contributed by atoms with E-state index in [0.29, 0.717) is 10.1 Å². The summed E-state index contributed by atoms with van der Waals surface area (Å²) in [6.07, 6.45) is 6.45. The number of rotatable bonds is 14. The molecule has 6 aromatic carbocycles. The predicted octanol–water partition coefficient (Wildman–Crippen LogP) is 10.1. The van der Waals surface area contributed by atoms with E-state index in [0.717, 1.165) is 29.6 Å². The second kappa shape index (κ2) is 20.2. The van der Waals surface area contributed by atoms with E-state index in [4.69, 9.17) is 0 Å². The lowest BCUT2D eigenvalue weighted by atomic mass is 10.1. The van der Waals surface area contributed by atoms with Gasteiger partial charge in [-0.25, -0.2) is 0 Å². The van der Waals surface area contributed by atoms with Crippen LogP contribution in [0.4, 0.5) is 11.4 Å². The van der Waals surface area contributed by atoms with E-state index in [1.54, 1.807) is 12.1 Å². The first-order valence-electron chi connectivity index (χ1n) is 19.0. The normalized spacial score (nSPS) is 14.2. The van der Waals surface area contributed by atoms with E-state index in [1.165, 1.54) is 93.9 Å². The number of hydrogen-bond donors (Lipinski definition) is 6. The van der Waals surface area contributed by atoms with Crippen molar-refractivity contribution < 1.29 is 25.9 Å². The van der Waals surface area contributed by atoms with Crippen molar-refractivity contribution in [1.29, 1.82) is 0 Å². The molecule has 0 aliphatic carbocycles. The summed E-state index contributed by atoms with van der Waals surface area (Å²) in [7, 11) is -9.62. The van der Waals surface area contributed by atoms with Gasteiger partial charge in [0, 0.05) is 31.7 Å². The Kier molecular flexibility index (Phi) is 14.0. The fraction of sp³-hybridized carbons (Fsp3) is 0. The molecule has 0 aromatic heterocycles. The molecular weight excluding hydrogens is 929 g/mol. The molecule has 64 heavy (non-hydrogen) atoms. The van der Waals surface area contributed by atoms with E-state index < -0.39 is 30.0 Å². The van der Waals surface area contributed by atoms with Gasteiger partial charge in [0.25, 0.3) is 20.2 Å². The highest BCUT2D eigenvalue weighted by molar-refractivity contribution is 8.14. The SMILES string of the molecule is O=S(=O)(O)c1cc(NN2N=C(Sc3ccccc3)C=C(Sc3ccccc3)N2)ccc1C=Cc1ccc(NN2N=C(Sc3ccccc3)C=C(Sc3ccccc3)N2)cc1S(=O)(=O)O. The van der Waals surface area contributed by atoms with Crippen LogP contribution in [0.1, 0.15) is 11.1 Å². The quantitative estimate of drug-likeness (QED) is 0.0447. The summed E-state index contributed by atoms with van der Waals surface area (Å²) in [5.74, 6) is 0. The topological polar surface area (TPSA) is 188 Å². The van der Waals surface area contributed by atoms with Crippen molar-refractivity contribution in [1.82, 2.24) is 21.3 Å². The van der Waals surface area contributed by atoms with Gasteiger partial charge >= 0.3 is 0 Å². The minimum Gasteiger partial charge on any atom is -0.282 e. The molecule has 0 spiro atoms. The van der Waals surface area contributed by atoms with E-state index in [9.17, 15) is 25.9 Å². The highest BCUT2D eigenvalue weighted by Gasteiger charge is 2.22. The number of hydrogen-bond acceptors (Lipinski definition) is 16. The van der Waals surface area contributed by atoms with Gasteiger partial charge < -0.3 is 0 Å². The minimum atomic E-state index is -4.81. The number of benzene rings is 6. The maximum Gasteiger partial charge on any atom is 0.295 e. The maximum absolute atomic E-state index is 12.8. The van der Waals surface area contributed by atoms with Crippen LogP contribution < -0.4 is 21.7 Å². The maximum atomic E-state index is 12.8. The van der Waals surface area contributed by atoms with Crippen LogP contribution in [-0.4, -0.2) is 46.5 Å². The van der Waals surface area contributed by atoms with Gasteiger partial charge in [-0.1, -0.05) is 144 Å². The first-order chi connectivity index (χ1) is 30.9. The Morgan fingerprint density at radius 3 is 1.12 bits per heavy atom. The van der Waals surface area contributed by atoms with Crippen LogP contribution >= 0.6 is 47.0 Å². The molecule has 14 nitrogen and oxygen atoms in total. The average molecular weight is 965 g/mol. The van der Waals surface area contributed by atoms with Crippen molar-refractivity contribution >= 4 is 101 Å². The zero-order valence-corrected chi connectivity index (χ0v) is 38.0. The van der Waals surface area contributed by atoms with Gasteiger partial charge in [0.1, 0.15) is 19.9 Å². The van der Waals surface area contributed by atoms with Gasteiger partial charge in [-0.05, 0) is 83.9 Å². The average Bonchev–Trinajstić information content (AvgIpc) is 3.27. The lowest BCUT2D eigenvalue weighted by Gasteiger charge is -2.27. The van der Waals surface area contributed by atoms with E-state index in [2.05, 4.69) is 31.9 Å². The summed E-state index contributed by atoms with van der Waals surface area (Å²) >= 11 is 5.81. The molecule has 0 unspecified atom stereocenters. The van der Waals surface area contributed by atoms with Crippen molar-refractivity contribution in [2.24, 2.45) is 10.2 Å². The monoisotopic (exact) mass is 964 g/mol. The van der Waals surface area contributed by atoms with E-state index in [1.807, 2.05) is 133 Å². The third-order valence-electron chi connectivity index (χ3n) is 8.71. The largest absolute Gasteiger partial charge is 0.295 e. The Morgan fingerprint density at radius 2 is 0.797 bits per heavy atom. The van der Waals surface area contributed by atoms with Gasteiger partial charge in [-0.3, -0.25) is 30.8 Å². The summed E-state index contributed by atoms with van der Waals surface area (Å²) < 4.78 is 71.8. The number of thioether (sulfide) groups is 4. The second-order valence-corrected chi connectivity index (χ2v) is 20.6. The lowest BCUT2D eigenvalue weighted by molar-refractivity contribution is 0.281. The van der Waals surface area contributed by atoms with Crippen LogP contribution in [0, 0.1) is 0 Å². The molecule has 6 aromatic rings. The van der Waals surface area contributed by atoms with Crippen LogP contribution in [0.2, 0.25) is 0 Å². The smallest absolute Gasteiger partial charge is 0.282 e. The number of nitrogens with zero attached hydrogens (tertiary/aromatic N) is 4. The van der Waals surface area contributed by atoms with Gasteiger partial charge in [-0.2, -0.15) is 16.8 Å². The first-order valence-corrected chi connectivity index (χ1v) is 25.1. The molecule has 324 valence electrons. The van der Waals surface area contributed by atoms with Crippen molar-refractivity contribution in [3.63, 3.8) is 0 Å². The third-order valence-corrected chi connectivity index (χ3v) is 14.2. The summed E-state index contributed by atoms with van der Waals surface area (Å²) in [5.41, 5.74) is 13.0. The molecule has 2 heterocycles. The number of anilines is 2. The van der Waals surface area contributed by atoms with Crippen molar-refractivity contribution in [3.8, 4) is 0 Å². The Balaban J connectivity index is 1.02. The van der Waals surface area contributed by atoms with Gasteiger partial charge in [0.05, 0.1) is 21.4 Å². The fourth-order valence-electron chi connectivity index (χ4n) is 5.92. The number of hydrazine groups is 4. The van der Waals surface area contributed by atoms with E-state index in [-0.39, 0.29) is 22.5 Å². The molecule has 0 radical (unpaired) electrons. The second-order valence-electron chi connectivity index (χ2n) is 13.4. The van der Waals surface area contributed by atoms with Crippen LogP contribution in [0.3, 0.4) is 0 Å².